The van der Waals surface area contributed by atoms with Crippen LogP contribution in [0.15, 0.2) is 0 Å². The Balaban J connectivity index is 2.37. The fourth-order valence-electron chi connectivity index (χ4n) is 2.15. The van der Waals surface area contributed by atoms with Gasteiger partial charge in [0.25, 0.3) is 0 Å². The fourth-order valence-corrected chi connectivity index (χ4v) is 2.15. The lowest BCUT2D eigenvalue weighted by Crippen LogP contribution is -2.39. The van der Waals surface area contributed by atoms with Crippen molar-refractivity contribution >= 4 is 0 Å². The van der Waals surface area contributed by atoms with E-state index in [1.807, 2.05) is 0 Å². The molecule has 1 aliphatic heterocycles. The molecule has 0 N–H and O–H groups in total. The zero-order valence-corrected chi connectivity index (χ0v) is 8.14. The van der Waals surface area contributed by atoms with E-state index in [2.05, 4.69) is 25.7 Å². The van der Waals surface area contributed by atoms with Gasteiger partial charge in [0.1, 0.15) is 0 Å². The smallest absolute Gasteiger partial charge is 0.000966 e. The highest BCUT2D eigenvalue weighted by Gasteiger charge is 2.21. The molecule has 2 unspecified atom stereocenters. The molecule has 0 saturated carbocycles. The first kappa shape index (κ1) is 9.05. The summed E-state index contributed by atoms with van der Waals surface area (Å²) in [6.45, 7) is 10.9. The molecule has 0 bridgehead atoms. The van der Waals surface area contributed by atoms with Crippen LogP contribution in [-0.2, 0) is 0 Å². The molecule has 0 aromatic rings. The summed E-state index contributed by atoms with van der Waals surface area (Å²) >= 11 is 0. The molecule has 2 atom stereocenters. The van der Waals surface area contributed by atoms with Crippen molar-refractivity contribution in [1.29, 1.82) is 0 Å². The van der Waals surface area contributed by atoms with Gasteiger partial charge < -0.3 is 4.90 Å². The van der Waals surface area contributed by atoms with Crippen LogP contribution in [0, 0.1) is 11.8 Å². The molecule has 1 heterocycles. The molecule has 0 aromatic carbocycles. The van der Waals surface area contributed by atoms with E-state index in [0.717, 1.165) is 11.8 Å². The van der Waals surface area contributed by atoms with Gasteiger partial charge in [0.15, 0.2) is 0 Å². The lowest BCUT2D eigenvalue weighted by molar-refractivity contribution is 0.136. The van der Waals surface area contributed by atoms with Crippen LogP contribution in [0.1, 0.15) is 33.6 Å². The Hall–Kier alpha value is -0.0400. The molecule has 0 aliphatic carbocycles. The van der Waals surface area contributed by atoms with Gasteiger partial charge in [-0.15, -0.1) is 0 Å². The molecule has 1 fully saturated rings. The maximum atomic E-state index is 2.59. The van der Waals surface area contributed by atoms with Gasteiger partial charge >= 0.3 is 0 Å². The van der Waals surface area contributed by atoms with E-state index in [1.54, 1.807) is 0 Å². The first-order valence-corrected chi connectivity index (χ1v) is 4.98. The average Bonchev–Trinajstić information content (AvgIpc) is 2.03. The standard InChI is InChI=1S/C10H21N/c1-4-10-6-9(3)7-11(5-2)8-10/h9-10H,4-8H2,1-3H3. The average molecular weight is 155 g/mol. The number of piperidine rings is 1. The van der Waals surface area contributed by atoms with E-state index in [0.29, 0.717) is 0 Å². The SMILES string of the molecule is CCC1CC(C)CN(CC)C1. The third-order valence-electron chi connectivity index (χ3n) is 2.85. The van der Waals surface area contributed by atoms with Crippen molar-refractivity contribution in [3.05, 3.63) is 0 Å². The summed E-state index contributed by atoms with van der Waals surface area (Å²) in [4.78, 5) is 2.59. The van der Waals surface area contributed by atoms with Crippen molar-refractivity contribution in [2.45, 2.75) is 33.6 Å². The van der Waals surface area contributed by atoms with Gasteiger partial charge in [0.05, 0.1) is 0 Å². The quantitative estimate of drug-likeness (QED) is 0.592. The molecule has 1 rings (SSSR count). The summed E-state index contributed by atoms with van der Waals surface area (Å²) in [7, 11) is 0. The summed E-state index contributed by atoms with van der Waals surface area (Å²) in [5, 5.41) is 0. The van der Waals surface area contributed by atoms with Gasteiger partial charge in [0.2, 0.25) is 0 Å². The Bertz CT molecular complexity index is 99.4. The van der Waals surface area contributed by atoms with Crippen LogP contribution in [0.4, 0.5) is 0 Å². The fraction of sp³-hybridized carbons (Fsp3) is 1.00. The molecule has 1 heteroatoms. The van der Waals surface area contributed by atoms with Gasteiger partial charge in [-0.1, -0.05) is 27.2 Å². The predicted octanol–water partition coefficient (Wildman–Crippen LogP) is 2.37. The second-order valence-electron chi connectivity index (χ2n) is 3.97. The predicted molar refractivity (Wildman–Crippen MR) is 49.7 cm³/mol. The Kier molecular flexibility index (Phi) is 3.38. The van der Waals surface area contributed by atoms with Gasteiger partial charge in [-0.3, -0.25) is 0 Å². The van der Waals surface area contributed by atoms with Gasteiger partial charge in [0, 0.05) is 13.1 Å². The minimum Gasteiger partial charge on any atom is -0.303 e. The second kappa shape index (κ2) is 4.10. The van der Waals surface area contributed by atoms with E-state index < -0.39 is 0 Å². The van der Waals surface area contributed by atoms with E-state index in [9.17, 15) is 0 Å². The van der Waals surface area contributed by atoms with Crippen LogP contribution in [-0.4, -0.2) is 24.5 Å². The third-order valence-corrected chi connectivity index (χ3v) is 2.85. The summed E-state index contributed by atoms with van der Waals surface area (Å²) < 4.78 is 0. The minimum atomic E-state index is 0.925. The first-order chi connectivity index (χ1) is 5.26. The van der Waals surface area contributed by atoms with E-state index in [4.69, 9.17) is 0 Å². The van der Waals surface area contributed by atoms with Crippen molar-refractivity contribution in [2.24, 2.45) is 11.8 Å². The van der Waals surface area contributed by atoms with Crippen LogP contribution < -0.4 is 0 Å². The summed E-state index contributed by atoms with van der Waals surface area (Å²) in [5.41, 5.74) is 0. The van der Waals surface area contributed by atoms with Crippen molar-refractivity contribution in [1.82, 2.24) is 4.90 Å². The number of rotatable bonds is 2. The number of nitrogens with zero attached hydrogens (tertiary/aromatic N) is 1. The topological polar surface area (TPSA) is 3.24 Å². The van der Waals surface area contributed by atoms with Crippen LogP contribution in [0.2, 0.25) is 0 Å². The highest BCUT2D eigenvalue weighted by atomic mass is 15.1. The van der Waals surface area contributed by atoms with Crippen LogP contribution in [0.3, 0.4) is 0 Å². The second-order valence-corrected chi connectivity index (χ2v) is 3.97. The minimum absolute atomic E-state index is 0.925. The maximum Gasteiger partial charge on any atom is 0.000966 e. The van der Waals surface area contributed by atoms with Crippen molar-refractivity contribution in [3.8, 4) is 0 Å². The molecule has 1 nitrogen and oxygen atoms in total. The molecule has 1 saturated heterocycles. The lowest BCUT2D eigenvalue weighted by atomic mass is 9.89. The molecular weight excluding hydrogens is 134 g/mol. The number of hydrogen-bond donors (Lipinski definition) is 0. The zero-order chi connectivity index (χ0) is 8.27. The zero-order valence-electron chi connectivity index (χ0n) is 8.14. The molecule has 0 aromatic heterocycles. The molecule has 11 heavy (non-hydrogen) atoms. The van der Waals surface area contributed by atoms with E-state index >= 15 is 0 Å². The third kappa shape index (κ3) is 2.48. The van der Waals surface area contributed by atoms with E-state index in [1.165, 1.54) is 32.5 Å². The van der Waals surface area contributed by atoms with Crippen molar-refractivity contribution < 1.29 is 0 Å². The largest absolute Gasteiger partial charge is 0.303 e. The van der Waals surface area contributed by atoms with Gasteiger partial charge in [-0.2, -0.15) is 0 Å². The molecule has 0 spiro atoms. The highest BCUT2D eigenvalue weighted by molar-refractivity contribution is 4.75. The monoisotopic (exact) mass is 155 g/mol. The summed E-state index contributed by atoms with van der Waals surface area (Å²) in [6, 6.07) is 0. The maximum absolute atomic E-state index is 2.59. The summed E-state index contributed by atoms with van der Waals surface area (Å²) in [5.74, 6) is 1.90. The Morgan fingerprint density at radius 2 is 2.00 bits per heavy atom. The Morgan fingerprint density at radius 3 is 2.55 bits per heavy atom. The normalized spacial score (nSPS) is 34.1. The van der Waals surface area contributed by atoms with Gasteiger partial charge in [-0.05, 0) is 24.8 Å². The first-order valence-electron chi connectivity index (χ1n) is 4.98. The van der Waals surface area contributed by atoms with E-state index in [-0.39, 0.29) is 0 Å². The molecule has 66 valence electrons. The highest BCUT2D eigenvalue weighted by Crippen LogP contribution is 2.23. The van der Waals surface area contributed by atoms with Crippen molar-refractivity contribution in [3.63, 3.8) is 0 Å². The van der Waals surface area contributed by atoms with Gasteiger partial charge in [-0.25, -0.2) is 0 Å². The number of likely N-dealkylation sites (tertiary alicyclic amines) is 1. The van der Waals surface area contributed by atoms with Crippen LogP contribution in [0.5, 0.6) is 0 Å². The van der Waals surface area contributed by atoms with Crippen LogP contribution >= 0.6 is 0 Å². The number of hydrogen-bond acceptors (Lipinski definition) is 1. The molecule has 1 aliphatic rings. The molecular formula is C10H21N. The van der Waals surface area contributed by atoms with Crippen molar-refractivity contribution in [2.75, 3.05) is 19.6 Å². The lowest BCUT2D eigenvalue weighted by Gasteiger charge is -2.35. The Morgan fingerprint density at radius 1 is 1.27 bits per heavy atom. The molecule has 0 amide bonds. The summed E-state index contributed by atoms with van der Waals surface area (Å²) in [6.07, 6.45) is 2.81. The Labute approximate surface area is 70.8 Å². The van der Waals surface area contributed by atoms with Crippen LogP contribution in [0.25, 0.3) is 0 Å². The molecule has 0 radical (unpaired) electrons.